The van der Waals surface area contributed by atoms with E-state index in [9.17, 15) is 0 Å². The fourth-order valence-electron chi connectivity index (χ4n) is 1.42. The van der Waals surface area contributed by atoms with Crippen LogP contribution in [0.25, 0.3) is 0 Å². The Labute approximate surface area is 77.2 Å². The Hall–Kier alpha value is -0.0400. The summed E-state index contributed by atoms with van der Waals surface area (Å²) in [4.78, 5) is 0. The van der Waals surface area contributed by atoms with Crippen molar-refractivity contribution in [2.45, 2.75) is 47.0 Å². The average Bonchev–Trinajstić information content (AvgIpc) is 1.96. The lowest BCUT2D eigenvalue weighted by molar-refractivity contribution is 0.177. The molecule has 1 atom stereocenters. The zero-order valence-corrected chi connectivity index (χ0v) is 9.01. The van der Waals surface area contributed by atoms with Crippen molar-refractivity contribution in [1.29, 1.82) is 0 Å². The lowest BCUT2D eigenvalue weighted by Gasteiger charge is -2.18. The highest BCUT2D eigenvalue weighted by molar-refractivity contribution is 4.62. The SMILES string of the molecule is CC(C)CCC[C@H](CO)C(C)C. The van der Waals surface area contributed by atoms with Gasteiger partial charge in [-0.1, -0.05) is 40.5 Å². The van der Waals surface area contributed by atoms with E-state index >= 15 is 0 Å². The van der Waals surface area contributed by atoms with Crippen LogP contribution in [0.1, 0.15) is 47.0 Å². The zero-order valence-electron chi connectivity index (χ0n) is 9.01. The van der Waals surface area contributed by atoms with Crippen molar-refractivity contribution in [1.82, 2.24) is 0 Å². The summed E-state index contributed by atoms with van der Waals surface area (Å²) in [6.45, 7) is 9.24. The third-order valence-corrected chi connectivity index (χ3v) is 2.53. The van der Waals surface area contributed by atoms with Gasteiger partial charge in [0.25, 0.3) is 0 Å². The summed E-state index contributed by atoms with van der Waals surface area (Å²) in [6, 6.07) is 0. The van der Waals surface area contributed by atoms with E-state index in [0.29, 0.717) is 18.4 Å². The molecule has 12 heavy (non-hydrogen) atoms. The molecule has 1 heteroatoms. The minimum Gasteiger partial charge on any atom is -0.396 e. The normalized spacial score (nSPS) is 14.2. The van der Waals surface area contributed by atoms with E-state index in [2.05, 4.69) is 27.7 Å². The van der Waals surface area contributed by atoms with Crippen LogP contribution in [-0.4, -0.2) is 11.7 Å². The van der Waals surface area contributed by atoms with Crippen molar-refractivity contribution in [2.75, 3.05) is 6.61 Å². The number of rotatable bonds is 6. The molecule has 0 saturated heterocycles. The molecule has 1 N–H and O–H groups in total. The second-order valence-corrected chi connectivity index (χ2v) is 4.51. The maximum Gasteiger partial charge on any atom is 0.0461 e. The minimum atomic E-state index is 0.357. The van der Waals surface area contributed by atoms with Crippen molar-refractivity contribution in [2.24, 2.45) is 17.8 Å². The Bertz CT molecular complexity index is 97.2. The molecule has 0 heterocycles. The van der Waals surface area contributed by atoms with E-state index in [1.54, 1.807) is 0 Å². The van der Waals surface area contributed by atoms with Crippen molar-refractivity contribution >= 4 is 0 Å². The van der Waals surface area contributed by atoms with Crippen LogP contribution in [0.2, 0.25) is 0 Å². The molecule has 0 saturated carbocycles. The molecule has 0 spiro atoms. The van der Waals surface area contributed by atoms with Gasteiger partial charge >= 0.3 is 0 Å². The predicted molar refractivity (Wildman–Crippen MR) is 54.1 cm³/mol. The number of hydrogen-bond donors (Lipinski definition) is 1. The zero-order chi connectivity index (χ0) is 9.56. The van der Waals surface area contributed by atoms with Crippen molar-refractivity contribution in [3.8, 4) is 0 Å². The van der Waals surface area contributed by atoms with Crippen LogP contribution in [0.15, 0.2) is 0 Å². The van der Waals surface area contributed by atoms with Gasteiger partial charge in [0.1, 0.15) is 0 Å². The van der Waals surface area contributed by atoms with Crippen LogP contribution >= 0.6 is 0 Å². The standard InChI is InChI=1S/C11H24O/c1-9(2)6-5-7-11(8-12)10(3)4/h9-12H,5-8H2,1-4H3/t11-/m1/s1. The van der Waals surface area contributed by atoms with Crippen LogP contribution in [0.3, 0.4) is 0 Å². The average molecular weight is 172 g/mol. The van der Waals surface area contributed by atoms with Crippen LogP contribution in [0, 0.1) is 17.8 Å². The second kappa shape index (κ2) is 6.47. The molecule has 0 aliphatic carbocycles. The van der Waals surface area contributed by atoms with Crippen molar-refractivity contribution in [3.63, 3.8) is 0 Å². The Morgan fingerprint density at radius 3 is 1.92 bits per heavy atom. The van der Waals surface area contributed by atoms with Crippen LogP contribution in [0.5, 0.6) is 0 Å². The minimum absolute atomic E-state index is 0.357. The molecule has 0 amide bonds. The molecule has 0 aromatic rings. The predicted octanol–water partition coefficient (Wildman–Crippen LogP) is 3.08. The molecule has 74 valence electrons. The summed E-state index contributed by atoms with van der Waals surface area (Å²) in [5.74, 6) is 1.95. The fourth-order valence-corrected chi connectivity index (χ4v) is 1.42. The molecule has 0 aliphatic heterocycles. The van der Waals surface area contributed by atoms with Gasteiger partial charge in [0.2, 0.25) is 0 Å². The number of aliphatic hydroxyl groups excluding tert-OH is 1. The van der Waals surface area contributed by atoms with Crippen LogP contribution < -0.4 is 0 Å². The van der Waals surface area contributed by atoms with Gasteiger partial charge in [-0.25, -0.2) is 0 Å². The van der Waals surface area contributed by atoms with Gasteiger partial charge < -0.3 is 5.11 Å². The Kier molecular flexibility index (Phi) is 6.45. The first kappa shape index (κ1) is 12.0. The Morgan fingerprint density at radius 2 is 1.58 bits per heavy atom. The van der Waals surface area contributed by atoms with Crippen LogP contribution in [-0.2, 0) is 0 Å². The van der Waals surface area contributed by atoms with Gasteiger partial charge in [-0.2, -0.15) is 0 Å². The smallest absolute Gasteiger partial charge is 0.0461 e. The topological polar surface area (TPSA) is 20.2 Å². The molecule has 0 radical (unpaired) electrons. The monoisotopic (exact) mass is 172 g/mol. The summed E-state index contributed by atoms with van der Waals surface area (Å²) in [5, 5.41) is 9.06. The first-order valence-corrected chi connectivity index (χ1v) is 5.18. The van der Waals surface area contributed by atoms with Crippen molar-refractivity contribution in [3.05, 3.63) is 0 Å². The molecule has 0 unspecified atom stereocenters. The van der Waals surface area contributed by atoms with Gasteiger partial charge in [0, 0.05) is 6.61 Å². The largest absolute Gasteiger partial charge is 0.396 e. The van der Waals surface area contributed by atoms with E-state index in [-0.39, 0.29) is 0 Å². The van der Waals surface area contributed by atoms with E-state index in [4.69, 9.17) is 5.11 Å². The Morgan fingerprint density at radius 1 is 1.00 bits per heavy atom. The van der Waals surface area contributed by atoms with Gasteiger partial charge in [0.15, 0.2) is 0 Å². The molecule has 0 rings (SSSR count). The molecule has 0 aliphatic rings. The van der Waals surface area contributed by atoms with Gasteiger partial charge in [-0.15, -0.1) is 0 Å². The molecule has 0 aromatic heterocycles. The molecular weight excluding hydrogens is 148 g/mol. The molecular formula is C11H24O. The third-order valence-electron chi connectivity index (χ3n) is 2.53. The lowest BCUT2D eigenvalue weighted by Crippen LogP contribution is -2.13. The number of aliphatic hydroxyl groups is 1. The summed E-state index contributed by atoms with van der Waals surface area (Å²) in [7, 11) is 0. The van der Waals surface area contributed by atoms with Crippen molar-refractivity contribution < 1.29 is 5.11 Å². The van der Waals surface area contributed by atoms with Crippen LogP contribution in [0.4, 0.5) is 0 Å². The van der Waals surface area contributed by atoms with Gasteiger partial charge in [-0.3, -0.25) is 0 Å². The molecule has 0 aromatic carbocycles. The Balaban J connectivity index is 3.45. The first-order chi connectivity index (χ1) is 5.57. The van der Waals surface area contributed by atoms with E-state index in [1.165, 1.54) is 19.3 Å². The first-order valence-electron chi connectivity index (χ1n) is 5.18. The van der Waals surface area contributed by atoms with Gasteiger partial charge in [-0.05, 0) is 24.2 Å². The maximum absolute atomic E-state index is 9.06. The van der Waals surface area contributed by atoms with E-state index < -0.39 is 0 Å². The summed E-state index contributed by atoms with van der Waals surface area (Å²) in [6.07, 6.45) is 3.75. The summed E-state index contributed by atoms with van der Waals surface area (Å²) < 4.78 is 0. The van der Waals surface area contributed by atoms with Gasteiger partial charge in [0.05, 0.1) is 0 Å². The number of hydrogen-bond acceptors (Lipinski definition) is 1. The molecule has 0 fully saturated rings. The highest BCUT2D eigenvalue weighted by Crippen LogP contribution is 2.18. The van der Waals surface area contributed by atoms with E-state index in [1.807, 2.05) is 0 Å². The summed E-state index contributed by atoms with van der Waals surface area (Å²) in [5.41, 5.74) is 0. The molecule has 1 nitrogen and oxygen atoms in total. The molecule has 0 bridgehead atoms. The highest BCUT2D eigenvalue weighted by Gasteiger charge is 2.11. The maximum atomic E-state index is 9.06. The fraction of sp³-hybridized carbons (Fsp3) is 1.00. The summed E-state index contributed by atoms with van der Waals surface area (Å²) >= 11 is 0. The van der Waals surface area contributed by atoms with E-state index in [0.717, 1.165) is 5.92 Å². The lowest BCUT2D eigenvalue weighted by atomic mass is 9.90. The third kappa shape index (κ3) is 5.59. The quantitative estimate of drug-likeness (QED) is 0.653. The second-order valence-electron chi connectivity index (χ2n) is 4.51. The highest BCUT2D eigenvalue weighted by atomic mass is 16.3.